The highest BCUT2D eigenvalue weighted by atomic mass is 16.3. The van der Waals surface area contributed by atoms with E-state index in [0.29, 0.717) is 5.92 Å². The van der Waals surface area contributed by atoms with Gasteiger partial charge in [-0.05, 0) is 49.4 Å². The molecule has 3 rings (SSSR count). The Morgan fingerprint density at radius 3 is 2.38 bits per heavy atom. The van der Waals surface area contributed by atoms with Gasteiger partial charge in [0.15, 0.2) is 0 Å². The molecule has 0 spiro atoms. The monoisotopic (exact) mass is 180 g/mol. The highest BCUT2D eigenvalue weighted by molar-refractivity contribution is 4.97. The zero-order chi connectivity index (χ0) is 8.84. The minimum atomic E-state index is 0.0619. The van der Waals surface area contributed by atoms with Gasteiger partial charge in [-0.1, -0.05) is 19.3 Å². The summed E-state index contributed by atoms with van der Waals surface area (Å²) in [6.45, 7) is 0. The Morgan fingerprint density at radius 2 is 1.46 bits per heavy atom. The van der Waals surface area contributed by atoms with Gasteiger partial charge in [0, 0.05) is 0 Å². The van der Waals surface area contributed by atoms with Gasteiger partial charge in [-0.3, -0.25) is 0 Å². The fourth-order valence-corrected chi connectivity index (χ4v) is 4.43. The number of rotatable bonds is 0. The summed E-state index contributed by atoms with van der Waals surface area (Å²) >= 11 is 0. The van der Waals surface area contributed by atoms with Crippen molar-refractivity contribution in [2.45, 2.75) is 51.0 Å². The molecule has 3 fully saturated rings. The summed E-state index contributed by atoms with van der Waals surface area (Å²) in [5, 5.41) is 10.0. The number of fused-ring (bicyclic) bond motifs is 3. The van der Waals surface area contributed by atoms with E-state index in [1.54, 1.807) is 0 Å². The maximum absolute atomic E-state index is 10.0. The van der Waals surface area contributed by atoms with Crippen molar-refractivity contribution in [3.05, 3.63) is 0 Å². The van der Waals surface area contributed by atoms with Gasteiger partial charge in [-0.25, -0.2) is 0 Å². The Kier molecular flexibility index (Phi) is 1.90. The van der Waals surface area contributed by atoms with Crippen LogP contribution in [0.15, 0.2) is 0 Å². The van der Waals surface area contributed by atoms with Gasteiger partial charge in [0.2, 0.25) is 0 Å². The molecule has 13 heavy (non-hydrogen) atoms. The molecule has 3 aliphatic rings. The summed E-state index contributed by atoms with van der Waals surface area (Å²) in [7, 11) is 0. The van der Waals surface area contributed by atoms with Crippen LogP contribution in [0.4, 0.5) is 0 Å². The summed E-state index contributed by atoms with van der Waals surface area (Å²) < 4.78 is 0. The third kappa shape index (κ3) is 1.16. The maximum Gasteiger partial charge on any atom is 0.0573 e. The molecule has 3 aliphatic carbocycles. The fourth-order valence-electron chi connectivity index (χ4n) is 4.43. The first-order valence-corrected chi connectivity index (χ1v) is 6.04. The smallest absolute Gasteiger partial charge is 0.0573 e. The molecule has 0 aromatic carbocycles. The first kappa shape index (κ1) is 8.28. The molecule has 0 bridgehead atoms. The van der Waals surface area contributed by atoms with Crippen LogP contribution in [0.3, 0.4) is 0 Å². The van der Waals surface area contributed by atoms with Crippen molar-refractivity contribution >= 4 is 0 Å². The maximum atomic E-state index is 10.0. The lowest BCUT2D eigenvalue weighted by molar-refractivity contribution is -0.00595. The van der Waals surface area contributed by atoms with E-state index in [1.807, 2.05) is 0 Å². The van der Waals surface area contributed by atoms with Crippen LogP contribution in [0.25, 0.3) is 0 Å². The van der Waals surface area contributed by atoms with Crippen LogP contribution in [0.2, 0.25) is 0 Å². The minimum Gasteiger partial charge on any atom is -0.393 e. The van der Waals surface area contributed by atoms with Crippen molar-refractivity contribution in [3.63, 3.8) is 0 Å². The highest BCUT2D eigenvalue weighted by Crippen LogP contribution is 2.53. The van der Waals surface area contributed by atoms with Gasteiger partial charge >= 0.3 is 0 Å². The van der Waals surface area contributed by atoms with Crippen molar-refractivity contribution < 1.29 is 5.11 Å². The predicted molar refractivity (Wildman–Crippen MR) is 52.3 cm³/mol. The second-order valence-corrected chi connectivity index (χ2v) is 5.42. The normalized spacial score (nSPS) is 54.7. The van der Waals surface area contributed by atoms with Crippen LogP contribution in [0, 0.1) is 23.7 Å². The molecule has 0 saturated heterocycles. The largest absolute Gasteiger partial charge is 0.393 e. The molecule has 0 amide bonds. The molecule has 1 nitrogen and oxygen atoms in total. The molecule has 0 aromatic rings. The highest BCUT2D eigenvalue weighted by Gasteiger charge is 2.47. The van der Waals surface area contributed by atoms with E-state index in [4.69, 9.17) is 0 Å². The molecule has 1 N–H and O–H groups in total. The van der Waals surface area contributed by atoms with Crippen molar-refractivity contribution in [1.29, 1.82) is 0 Å². The number of hydrogen-bond donors (Lipinski definition) is 1. The lowest BCUT2D eigenvalue weighted by atomic mass is 9.68. The minimum absolute atomic E-state index is 0.0619. The van der Waals surface area contributed by atoms with Gasteiger partial charge < -0.3 is 5.11 Å². The van der Waals surface area contributed by atoms with E-state index >= 15 is 0 Å². The summed E-state index contributed by atoms with van der Waals surface area (Å²) in [5.74, 6) is 3.51. The fraction of sp³-hybridized carbons (Fsp3) is 1.00. The number of hydrogen-bond acceptors (Lipinski definition) is 1. The Morgan fingerprint density at radius 1 is 0.769 bits per heavy atom. The van der Waals surface area contributed by atoms with Crippen molar-refractivity contribution in [2.75, 3.05) is 0 Å². The molecule has 5 unspecified atom stereocenters. The standard InChI is InChI=1S/C12H20O/c13-12-7-8-3-1-4-9(8)10-5-2-6-11(10)12/h8-13H,1-7H2. The van der Waals surface area contributed by atoms with Crippen molar-refractivity contribution in [2.24, 2.45) is 23.7 Å². The molecule has 3 saturated carbocycles. The van der Waals surface area contributed by atoms with E-state index in [1.165, 1.54) is 38.5 Å². The van der Waals surface area contributed by atoms with Crippen LogP contribution in [-0.4, -0.2) is 11.2 Å². The molecular weight excluding hydrogens is 160 g/mol. The van der Waals surface area contributed by atoms with Crippen LogP contribution < -0.4 is 0 Å². The van der Waals surface area contributed by atoms with E-state index in [9.17, 15) is 5.11 Å². The Balaban J connectivity index is 1.84. The van der Waals surface area contributed by atoms with E-state index in [2.05, 4.69) is 0 Å². The second-order valence-electron chi connectivity index (χ2n) is 5.42. The molecule has 0 aliphatic heterocycles. The Bertz CT molecular complexity index is 201. The summed E-state index contributed by atoms with van der Waals surface area (Å²) in [4.78, 5) is 0. The lowest BCUT2D eigenvalue weighted by Crippen LogP contribution is -2.38. The molecule has 0 heterocycles. The average molecular weight is 180 g/mol. The second kappa shape index (κ2) is 2.98. The van der Waals surface area contributed by atoms with E-state index in [-0.39, 0.29) is 6.10 Å². The third-order valence-electron chi connectivity index (χ3n) is 4.93. The third-order valence-corrected chi connectivity index (χ3v) is 4.93. The quantitative estimate of drug-likeness (QED) is 0.607. The topological polar surface area (TPSA) is 20.2 Å². The van der Waals surface area contributed by atoms with E-state index in [0.717, 1.165) is 24.2 Å². The van der Waals surface area contributed by atoms with Crippen LogP contribution >= 0.6 is 0 Å². The zero-order valence-electron chi connectivity index (χ0n) is 8.28. The van der Waals surface area contributed by atoms with Gasteiger partial charge in [-0.2, -0.15) is 0 Å². The molecule has 1 heteroatoms. The van der Waals surface area contributed by atoms with Gasteiger partial charge in [0.25, 0.3) is 0 Å². The molecule has 0 aromatic heterocycles. The van der Waals surface area contributed by atoms with Crippen LogP contribution in [0.5, 0.6) is 0 Å². The number of aliphatic hydroxyl groups is 1. The SMILES string of the molecule is OC1CC2CCCC2C2CCCC12. The van der Waals surface area contributed by atoms with E-state index < -0.39 is 0 Å². The molecular formula is C12H20O. The molecule has 0 radical (unpaired) electrons. The van der Waals surface area contributed by atoms with Gasteiger partial charge in [0.05, 0.1) is 6.10 Å². The molecule has 74 valence electrons. The first-order valence-electron chi connectivity index (χ1n) is 6.04. The van der Waals surface area contributed by atoms with Gasteiger partial charge in [0.1, 0.15) is 0 Å². The first-order chi connectivity index (χ1) is 6.36. The van der Waals surface area contributed by atoms with Crippen molar-refractivity contribution in [1.82, 2.24) is 0 Å². The summed E-state index contributed by atoms with van der Waals surface area (Å²) in [6.07, 6.45) is 9.63. The summed E-state index contributed by atoms with van der Waals surface area (Å²) in [6, 6.07) is 0. The van der Waals surface area contributed by atoms with Gasteiger partial charge in [-0.15, -0.1) is 0 Å². The Hall–Kier alpha value is -0.0400. The zero-order valence-corrected chi connectivity index (χ0v) is 8.28. The number of aliphatic hydroxyl groups excluding tert-OH is 1. The predicted octanol–water partition coefficient (Wildman–Crippen LogP) is 2.58. The Labute approximate surface area is 80.5 Å². The molecule has 5 atom stereocenters. The van der Waals surface area contributed by atoms with Crippen molar-refractivity contribution in [3.8, 4) is 0 Å². The lowest BCUT2D eigenvalue weighted by Gasteiger charge is -2.39. The van der Waals surface area contributed by atoms with Crippen LogP contribution in [-0.2, 0) is 0 Å². The summed E-state index contributed by atoms with van der Waals surface area (Å²) in [5.41, 5.74) is 0. The van der Waals surface area contributed by atoms with Crippen LogP contribution in [0.1, 0.15) is 44.9 Å². The average Bonchev–Trinajstić information content (AvgIpc) is 2.66.